The lowest BCUT2D eigenvalue weighted by atomic mass is 10.1. The smallest absolute Gasteiger partial charge is 0.209 e. The number of rotatable bonds is 5. The minimum Gasteiger partial charge on any atom is -0.378 e. The second-order valence-corrected chi connectivity index (χ2v) is 8.79. The predicted molar refractivity (Wildman–Crippen MR) is 129 cm³/mol. The van der Waals surface area contributed by atoms with Gasteiger partial charge in [-0.25, -0.2) is 0 Å². The number of benzene rings is 2. The first-order valence-corrected chi connectivity index (χ1v) is 11.7. The molecular weight excluding hydrogens is 408 g/mol. The van der Waals surface area contributed by atoms with E-state index in [-0.39, 0.29) is 0 Å². The Labute approximate surface area is 188 Å². The number of aromatic nitrogens is 1. The van der Waals surface area contributed by atoms with Crippen molar-refractivity contribution < 1.29 is 9.53 Å². The van der Waals surface area contributed by atoms with Gasteiger partial charge in [0.1, 0.15) is 0 Å². The van der Waals surface area contributed by atoms with Gasteiger partial charge in [-0.05, 0) is 62.2 Å². The van der Waals surface area contributed by atoms with E-state index in [1.807, 2.05) is 7.05 Å². The normalized spacial score (nSPS) is 16.3. The second kappa shape index (κ2) is 10.7. The van der Waals surface area contributed by atoms with Crippen LogP contribution >= 0.6 is 11.9 Å². The highest BCUT2D eigenvalue weighted by Crippen LogP contribution is 2.36. The Morgan fingerprint density at radius 2 is 1.81 bits per heavy atom. The summed E-state index contributed by atoms with van der Waals surface area (Å²) >= 11 is 1.66. The zero-order valence-corrected chi connectivity index (χ0v) is 18.8. The molecule has 2 fully saturated rings. The highest BCUT2D eigenvalue weighted by atomic mass is 32.2. The van der Waals surface area contributed by atoms with Crippen molar-refractivity contribution in [3.63, 3.8) is 0 Å². The summed E-state index contributed by atoms with van der Waals surface area (Å²) in [6.07, 6.45) is 3.45. The predicted octanol–water partition coefficient (Wildman–Crippen LogP) is 4.14. The maximum Gasteiger partial charge on any atom is 0.209 e. The van der Waals surface area contributed by atoms with Crippen molar-refractivity contribution in [2.45, 2.75) is 17.7 Å². The number of carbonyl (C=O) groups is 1. The van der Waals surface area contributed by atoms with Crippen molar-refractivity contribution in [1.82, 2.24) is 14.6 Å². The van der Waals surface area contributed by atoms with Crippen molar-refractivity contribution in [3.8, 4) is 11.3 Å². The number of para-hydroxylation sites is 1. The number of H-pyrrole nitrogens is 1. The summed E-state index contributed by atoms with van der Waals surface area (Å²) in [5.74, 6) is 0. The molecule has 2 saturated heterocycles. The van der Waals surface area contributed by atoms with E-state index in [9.17, 15) is 4.79 Å². The van der Waals surface area contributed by atoms with E-state index < -0.39 is 0 Å². The number of ether oxygens (including phenoxy) is 1. The average Bonchev–Trinajstić information content (AvgIpc) is 3.50. The van der Waals surface area contributed by atoms with Crippen LogP contribution in [0.4, 0.5) is 5.69 Å². The lowest BCUT2D eigenvalue weighted by Crippen LogP contribution is -2.34. The molecule has 164 valence electrons. The van der Waals surface area contributed by atoms with Gasteiger partial charge in [-0.2, -0.15) is 0 Å². The summed E-state index contributed by atoms with van der Waals surface area (Å²) in [7, 11) is 1.96. The molecule has 0 aliphatic carbocycles. The van der Waals surface area contributed by atoms with E-state index >= 15 is 0 Å². The molecule has 5 rings (SSSR count). The number of fused-ring (bicyclic) bond motifs is 1. The number of hydrogen-bond donors (Lipinski definition) is 2. The van der Waals surface area contributed by atoms with Gasteiger partial charge < -0.3 is 19.5 Å². The summed E-state index contributed by atoms with van der Waals surface area (Å²) in [6, 6.07) is 17.5. The average molecular weight is 439 g/mol. The fourth-order valence-electron chi connectivity index (χ4n) is 4.05. The van der Waals surface area contributed by atoms with Crippen LogP contribution in [0.15, 0.2) is 53.4 Å². The van der Waals surface area contributed by atoms with Gasteiger partial charge in [0, 0.05) is 58.9 Å². The van der Waals surface area contributed by atoms with Gasteiger partial charge in [0.15, 0.2) is 0 Å². The molecule has 3 heterocycles. The fourth-order valence-corrected chi connectivity index (χ4v) is 4.60. The second-order valence-electron chi connectivity index (χ2n) is 7.70. The van der Waals surface area contributed by atoms with Crippen LogP contribution < -0.4 is 9.62 Å². The van der Waals surface area contributed by atoms with E-state index in [1.165, 1.54) is 45.6 Å². The van der Waals surface area contributed by atoms with Gasteiger partial charge >= 0.3 is 0 Å². The third-order valence-corrected chi connectivity index (χ3v) is 6.34. The molecule has 7 heteroatoms. The van der Waals surface area contributed by atoms with Crippen LogP contribution in [-0.2, 0) is 9.53 Å². The van der Waals surface area contributed by atoms with Crippen LogP contribution in [0.3, 0.4) is 0 Å². The molecule has 2 aliphatic heterocycles. The Balaban J connectivity index is 0.000000245. The summed E-state index contributed by atoms with van der Waals surface area (Å²) in [5.41, 5.74) is 5.03. The third-order valence-electron chi connectivity index (χ3n) is 5.65. The summed E-state index contributed by atoms with van der Waals surface area (Å²) in [4.78, 5) is 19.1. The lowest BCUT2D eigenvalue weighted by Gasteiger charge is -2.21. The zero-order chi connectivity index (χ0) is 21.5. The van der Waals surface area contributed by atoms with Crippen molar-refractivity contribution in [2.24, 2.45) is 0 Å². The number of carbonyl (C=O) groups excluding carboxylic acids is 1. The van der Waals surface area contributed by atoms with E-state index in [1.54, 1.807) is 16.8 Å². The summed E-state index contributed by atoms with van der Waals surface area (Å²) < 4.78 is 8.17. The van der Waals surface area contributed by atoms with Crippen molar-refractivity contribution in [3.05, 3.63) is 48.5 Å². The zero-order valence-electron chi connectivity index (χ0n) is 18.0. The van der Waals surface area contributed by atoms with Crippen LogP contribution in [0.5, 0.6) is 0 Å². The molecule has 0 saturated carbocycles. The number of nitrogens with one attached hydrogen (secondary N) is 2. The number of morpholine rings is 1. The van der Waals surface area contributed by atoms with Crippen LogP contribution in [-0.4, -0.2) is 62.7 Å². The molecule has 3 aromatic rings. The SMILES string of the molecule is CNSc1ccc(N2CCCC2)c(-c2cc3ccccc3[nH]2)c1.O=CN1CCOCC1. The lowest BCUT2D eigenvalue weighted by molar-refractivity contribution is -0.121. The van der Waals surface area contributed by atoms with Crippen molar-refractivity contribution >= 4 is 34.9 Å². The molecule has 0 atom stereocenters. The Kier molecular flexibility index (Phi) is 7.51. The number of hydrogen-bond acceptors (Lipinski definition) is 5. The highest BCUT2D eigenvalue weighted by molar-refractivity contribution is 7.97. The Bertz CT molecular complexity index is 961. The molecule has 0 radical (unpaired) electrons. The van der Waals surface area contributed by atoms with Gasteiger partial charge in [-0.1, -0.05) is 18.2 Å². The van der Waals surface area contributed by atoms with Gasteiger partial charge in [-0.15, -0.1) is 0 Å². The van der Waals surface area contributed by atoms with Crippen LogP contribution in [0.1, 0.15) is 12.8 Å². The highest BCUT2D eigenvalue weighted by Gasteiger charge is 2.18. The molecule has 1 aromatic heterocycles. The van der Waals surface area contributed by atoms with Gasteiger partial charge in [-0.3, -0.25) is 9.52 Å². The minimum atomic E-state index is 0.693. The van der Waals surface area contributed by atoms with Crippen LogP contribution in [0, 0.1) is 0 Å². The maximum atomic E-state index is 10.0. The number of anilines is 1. The van der Waals surface area contributed by atoms with Crippen molar-refractivity contribution in [2.75, 3.05) is 51.3 Å². The van der Waals surface area contributed by atoms with E-state index in [0.29, 0.717) is 13.2 Å². The molecule has 2 aromatic carbocycles. The molecule has 2 aliphatic rings. The van der Waals surface area contributed by atoms with E-state index in [0.717, 1.165) is 32.6 Å². The molecule has 2 N–H and O–H groups in total. The quantitative estimate of drug-likeness (QED) is 0.463. The molecule has 1 amide bonds. The molecule has 0 spiro atoms. The molecule has 31 heavy (non-hydrogen) atoms. The summed E-state index contributed by atoms with van der Waals surface area (Å²) in [6.45, 7) is 5.21. The molecule has 0 unspecified atom stereocenters. The Morgan fingerprint density at radius 3 is 2.48 bits per heavy atom. The van der Waals surface area contributed by atoms with Gasteiger partial charge in [0.25, 0.3) is 0 Å². The summed E-state index contributed by atoms with van der Waals surface area (Å²) in [5, 5.41) is 1.27. The Morgan fingerprint density at radius 1 is 1.03 bits per heavy atom. The molecule has 6 nitrogen and oxygen atoms in total. The fraction of sp³-hybridized carbons (Fsp3) is 0.375. The van der Waals surface area contributed by atoms with Crippen LogP contribution in [0.2, 0.25) is 0 Å². The van der Waals surface area contributed by atoms with Gasteiger partial charge in [0.2, 0.25) is 6.41 Å². The first kappa shape index (κ1) is 21.7. The first-order valence-electron chi connectivity index (χ1n) is 10.9. The Hall–Kier alpha value is -2.48. The standard InChI is InChI=1S/C19H21N3S.C5H9NO2/c1-20-23-15-8-9-19(22-10-4-5-11-22)16(13-15)18-12-14-6-2-3-7-17(14)21-18;7-5-6-1-3-8-4-2-6/h2-3,6-9,12-13,20-21H,4-5,10-11H2,1H3;5H,1-4H2. The molecular formula is C24H30N4O2S. The number of amides is 1. The minimum absolute atomic E-state index is 0.693. The largest absolute Gasteiger partial charge is 0.378 e. The maximum absolute atomic E-state index is 10.0. The van der Waals surface area contributed by atoms with E-state index in [4.69, 9.17) is 4.74 Å². The third kappa shape index (κ3) is 5.42. The number of nitrogens with zero attached hydrogens (tertiary/aromatic N) is 2. The first-order chi connectivity index (χ1) is 15.3. The van der Waals surface area contributed by atoms with Gasteiger partial charge in [0.05, 0.1) is 13.2 Å². The monoisotopic (exact) mass is 438 g/mol. The van der Waals surface area contributed by atoms with E-state index in [2.05, 4.69) is 63.1 Å². The van der Waals surface area contributed by atoms with Crippen molar-refractivity contribution in [1.29, 1.82) is 0 Å². The molecule has 0 bridgehead atoms. The van der Waals surface area contributed by atoms with Crippen LogP contribution in [0.25, 0.3) is 22.2 Å². The number of aromatic amines is 1. The topological polar surface area (TPSA) is 60.6 Å².